The normalized spacial score (nSPS) is 27.5. The van der Waals surface area contributed by atoms with Crippen LogP contribution in [0.3, 0.4) is 0 Å². The van der Waals surface area contributed by atoms with E-state index < -0.39 is 0 Å². The zero-order valence-corrected chi connectivity index (χ0v) is 12.1. The minimum Gasteiger partial charge on any atom is -0.338 e. The molecule has 5 heteroatoms. The van der Waals surface area contributed by atoms with Crippen LogP contribution in [0.15, 0.2) is 0 Å². The molecule has 1 aliphatic carbocycles. The quantitative estimate of drug-likeness (QED) is 0.855. The van der Waals surface area contributed by atoms with Crippen LogP contribution in [0, 0.1) is 5.41 Å². The number of hydrogen-bond donors (Lipinski definition) is 2. The SMILES string of the molecule is CC1(C)CCCC1c1nc(N2CCCNCC2)n[nH]1. The van der Waals surface area contributed by atoms with Crippen molar-refractivity contribution in [2.75, 3.05) is 31.1 Å². The molecule has 2 aliphatic rings. The Kier molecular flexibility index (Phi) is 3.48. The monoisotopic (exact) mass is 263 g/mol. The van der Waals surface area contributed by atoms with E-state index in [0.29, 0.717) is 11.3 Å². The number of H-pyrrole nitrogens is 1. The van der Waals surface area contributed by atoms with Gasteiger partial charge in [0.05, 0.1) is 0 Å². The third-order valence-electron chi connectivity index (χ3n) is 4.70. The Balaban J connectivity index is 1.75. The fourth-order valence-corrected chi connectivity index (χ4v) is 3.44. The van der Waals surface area contributed by atoms with Crippen molar-refractivity contribution in [2.45, 2.75) is 45.4 Å². The zero-order valence-electron chi connectivity index (χ0n) is 12.1. The molecule has 3 rings (SSSR count). The molecule has 2 N–H and O–H groups in total. The van der Waals surface area contributed by atoms with E-state index in [1.807, 2.05) is 0 Å². The molecule has 106 valence electrons. The molecule has 1 unspecified atom stereocenters. The highest BCUT2D eigenvalue weighted by molar-refractivity contribution is 5.30. The summed E-state index contributed by atoms with van der Waals surface area (Å²) in [7, 11) is 0. The van der Waals surface area contributed by atoms with Gasteiger partial charge in [-0.3, -0.25) is 5.10 Å². The van der Waals surface area contributed by atoms with Gasteiger partial charge < -0.3 is 10.2 Å². The molecule has 0 radical (unpaired) electrons. The fraction of sp³-hybridized carbons (Fsp3) is 0.857. The van der Waals surface area contributed by atoms with E-state index in [4.69, 9.17) is 4.98 Å². The summed E-state index contributed by atoms with van der Waals surface area (Å²) in [5.41, 5.74) is 0.358. The van der Waals surface area contributed by atoms with Crippen molar-refractivity contribution in [3.63, 3.8) is 0 Å². The fourth-order valence-electron chi connectivity index (χ4n) is 3.44. The zero-order chi connectivity index (χ0) is 13.3. The van der Waals surface area contributed by atoms with Gasteiger partial charge in [-0.1, -0.05) is 20.3 Å². The predicted octanol–water partition coefficient (Wildman–Crippen LogP) is 1.90. The van der Waals surface area contributed by atoms with Crippen molar-refractivity contribution in [1.82, 2.24) is 20.5 Å². The first-order valence-corrected chi connectivity index (χ1v) is 7.55. The molecule has 0 amide bonds. The molecule has 19 heavy (non-hydrogen) atoms. The molecule has 5 nitrogen and oxygen atoms in total. The first-order valence-electron chi connectivity index (χ1n) is 7.55. The first kappa shape index (κ1) is 12.9. The molecule has 2 fully saturated rings. The second-order valence-corrected chi connectivity index (χ2v) is 6.54. The maximum absolute atomic E-state index is 4.78. The van der Waals surface area contributed by atoms with Crippen molar-refractivity contribution in [2.24, 2.45) is 5.41 Å². The van der Waals surface area contributed by atoms with Crippen molar-refractivity contribution < 1.29 is 0 Å². The average Bonchev–Trinajstić information content (AvgIpc) is 2.87. The van der Waals surface area contributed by atoms with Gasteiger partial charge in [0.25, 0.3) is 0 Å². The number of aromatic amines is 1. The van der Waals surface area contributed by atoms with Crippen molar-refractivity contribution >= 4 is 5.95 Å². The van der Waals surface area contributed by atoms with Gasteiger partial charge in [0.2, 0.25) is 5.95 Å². The lowest BCUT2D eigenvalue weighted by Gasteiger charge is -2.24. The molecule has 1 saturated carbocycles. The number of aromatic nitrogens is 3. The van der Waals surface area contributed by atoms with E-state index in [2.05, 4.69) is 34.3 Å². The van der Waals surface area contributed by atoms with E-state index in [9.17, 15) is 0 Å². The maximum atomic E-state index is 4.78. The number of nitrogens with zero attached hydrogens (tertiary/aromatic N) is 3. The van der Waals surface area contributed by atoms with Gasteiger partial charge in [-0.25, -0.2) is 0 Å². The van der Waals surface area contributed by atoms with E-state index in [1.54, 1.807) is 0 Å². The molecule has 1 aromatic rings. The van der Waals surface area contributed by atoms with Crippen LogP contribution in [0.4, 0.5) is 5.95 Å². The number of nitrogens with one attached hydrogen (secondary N) is 2. The smallest absolute Gasteiger partial charge is 0.244 e. The van der Waals surface area contributed by atoms with Gasteiger partial charge in [0, 0.05) is 25.6 Å². The van der Waals surface area contributed by atoms with Crippen LogP contribution in [0.5, 0.6) is 0 Å². The number of hydrogen-bond acceptors (Lipinski definition) is 4. The topological polar surface area (TPSA) is 56.8 Å². The van der Waals surface area contributed by atoms with Crippen LogP contribution >= 0.6 is 0 Å². The number of anilines is 1. The van der Waals surface area contributed by atoms with Gasteiger partial charge in [0.15, 0.2) is 0 Å². The minimum absolute atomic E-state index is 0.358. The van der Waals surface area contributed by atoms with Crippen LogP contribution in [0.25, 0.3) is 0 Å². The maximum Gasteiger partial charge on any atom is 0.244 e. The molecule has 1 atom stereocenters. The first-order chi connectivity index (χ1) is 9.17. The van der Waals surface area contributed by atoms with E-state index >= 15 is 0 Å². The molecule has 0 aromatic carbocycles. The highest BCUT2D eigenvalue weighted by Gasteiger charge is 2.37. The minimum atomic E-state index is 0.358. The standard InChI is InChI=1S/C14H25N5/c1-14(2)6-3-5-11(14)12-16-13(18-17-12)19-9-4-7-15-8-10-19/h11,15H,3-10H2,1-2H3,(H,16,17,18). The summed E-state index contributed by atoms with van der Waals surface area (Å²) in [6, 6.07) is 0. The van der Waals surface area contributed by atoms with Crippen LogP contribution in [-0.2, 0) is 0 Å². The molecule has 2 heterocycles. The Morgan fingerprint density at radius 3 is 2.89 bits per heavy atom. The van der Waals surface area contributed by atoms with E-state index in [-0.39, 0.29) is 0 Å². The summed E-state index contributed by atoms with van der Waals surface area (Å²) in [5, 5.41) is 11.1. The highest BCUT2D eigenvalue weighted by atomic mass is 15.4. The van der Waals surface area contributed by atoms with Crippen LogP contribution in [0.1, 0.15) is 51.3 Å². The average molecular weight is 263 g/mol. The summed E-state index contributed by atoms with van der Waals surface area (Å²) >= 11 is 0. The molecular weight excluding hydrogens is 238 g/mol. The second kappa shape index (κ2) is 5.12. The summed E-state index contributed by atoms with van der Waals surface area (Å²) < 4.78 is 0. The van der Waals surface area contributed by atoms with Crippen molar-refractivity contribution in [3.05, 3.63) is 5.82 Å². The predicted molar refractivity (Wildman–Crippen MR) is 76.5 cm³/mol. The molecular formula is C14H25N5. The van der Waals surface area contributed by atoms with Gasteiger partial charge in [-0.05, 0) is 31.2 Å². The lowest BCUT2D eigenvalue weighted by atomic mass is 9.81. The third-order valence-corrected chi connectivity index (χ3v) is 4.70. The molecule has 1 aliphatic heterocycles. The summed E-state index contributed by atoms with van der Waals surface area (Å²) in [6.45, 7) is 8.89. The van der Waals surface area contributed by atoms with Crippen LogP contribution in [0.2, 0.25) is 0 Å². The molecule has 1 saturated heterocycles. The Labute approximate surface area is 115 Å². The Hall–Kier alpha value is -1.10. The largest absolute Gasteiger partial charge is 0.338 e. The van der Waals surface area contributed by atoms with Crippen LogP contribution in [-0.4, -0.2) is 41.4 Å². The molecule has 1 aromatic heterocycles. The van der Waals surface area contributed by atoms with Crippen LogP contribution < -0.4 is 10.2 Å². The molecule has 0 spiro atoms. The number of rotatable bonds is 2. The van der Waals surface area contributed by atoms with Gasteiger partial charge in [-0.15, -0.1) is 5.10 Å². The molecule has 0 bridgehead atoms. The summed E-state index contributed by atoms with van der Waals surface area (Å²) in [5.74, 6) is 2.52. The highest BCUT2D eigenvalue weighted by Crippen LogP contribution is 2.47. The Morgan fingerprint density at radius 1 is 1.21 bits per heavy atom. The second-order valence-electron chi connectivity index (χ2n) is 6.54. The van der Waals surface area contributed by atoms with Gasteiger partial charge >= 0.3 is 0 Å². The lowest BCUT2D eigenvalue weighted by molar-refractivity contribution is 0.322. The summed E-state index contributed by atoms with van der Waals surface area (Å²) in [4.78, 5) is 7.08. The Morgan fingerprint density at radius 2 is 2.11 bits per heavy atom. The van der Waals surface area contributed by atoms with E-state index in [1.165, 1.54) is 25.7 Å². The summed E-state index contributed by atoms with van der Waals surface area (Å²) in [6.07, 6.45) is 5.00. The Bertz CT molecular complexity index is 417. The van der Waals surface area contributed by atoms with Gasteiger partial charge in [0.1, 0.15) is 5.82 Å². The third kappa shape index (κ3) is 2.61. The van der Waals surface area contributed by atoms with E-state index in [0.717, 1.165) is 38.0 Å². The van der Waals surface area contributed by atoms with Gasteiger partial charge in [-0.2, -0.15) is 4.98 Å². The lowest BCUT2D eigenvalue weighted by Crippen LogP contribution is -2.28. The van der Waals surface area contributed by atoms with Crippen molar-refractivity contribution in [3.8, 4) is 0 Å². The van der Waals surface area contributed by atoms with Crippen molar-refractivity contribution in [1.29, 1.82) is 0 Å².